The van der Waals surface area contributed by atoms with Crippen molar-refractivity contribution in [3.63, 3.8) is 0 Å². The number of carbonyl (C=O) groups is 1. The third-order valence-corrected chi connectivity index (χ3v) is 11.9. The Morgan fingerprint density at radius 3 is 2.70 bits per heavy atom. The van der Waals surface area contributed by atoms with E-state index < -0.39 is 12.2 Å². The second kappa shape index (κ2) is 14.1. The van der Waals surface area contributed by atoms with Crippen molar-refractivity contribution in [3.8, 4) is 0 Å². The summed E-state index contributed by atoms with van der Waals surface area (Å²) in [5.74, 6) is 2.73. The Kier molecular flexibility index (Phi) is 10.6. The molecule has 6 heteroatoms. The molecule has 244 valence electrons. The third-order valence-electron chi connectivity index (χ3n) is 11.9. The maximum absolute atomic E-state index is 12.9. The van der Waals surface area contributed by atoms with Gasteiger partial charge in [-0.2, -0.15) is 0 Å². The summed E-state index contributed by atoms with van der Waals surface area (Å²) in [6.07, 6.45) is 20.7. The Labute approximate surface area is 265 Å². The number of allylic oxidation sites excluding steroid dienone is 3. The monoisotopic (exact) mass is 606 g/mol. The van der Waals surface area contributed by atoms with E-state index in [9.17, 15) is 15.0 Å². The summed E-state index contributed by atoms with van der Waals surface area (Å²) < 4.78 is 6.32. The molecular weight excluding hydrogens is 548 g/mol. The van der Waals surface area contributed by atoms with Crippen LogP contribution in [0.15, 0.2) is 41.6 Å². The number of aryl methyl sites for hydroxylation is 1. The summed E-state index contributed by atoms with van der Waals surface area (Å²) in [4.78, 5) is 21.4. The van der Waals surface area contributed by atoms with Crippen molar-refractivity contribution in [3.05, 3.63) is 53.2 Å². The van der Waals surface area contributed by atoms with E-state index in [1.807, 2.05) is 0 Å². The van der Waals surface area contributed by atoms with Crippen LogP contribution in [0, 0.1) is 23.2 Å². The highest BCUT2D eigenvalue weighted by molar-refractivity contribution is 5.69. The van der Waals surface area contributed by atoms with Crippen molar-refractivity contribution in [1.82, 2.24) is 9.97 Å². The predicted octanol–water partition coefficient (Wildman–Crippen LogP) is 8.05. The number of H-pyrrole nitrogens is 1. The lowest BCUT2D eigenvalue weighted by atomic mass is 9.60. The highest BCUT2D eigenvalue weighted by atomic mass is 16.5. The zero-order valence-corrected chi connectivity index (χ0v) is 27.9. The number of carbonyl (C=O) groups excluding carboxylic acids is 1. The van der Waals surface area contributed by atoms with Crippen LogP contribution in [-0.2, 0) is 21.4 Å². The van der Waals surface area contributed by atoms with Crippen LogP contribution in [0.25, 0.3) is 0 Å². The van der Waals surface area contributed by atoms with Gasteiger partial charge in [0.25, 0.3) is 0 Å². The molecule has 1 aromatic heterocycles. The molecule has 1 aromatic rings. The maximum Gasteiger partial charge on any atom is 0.306 e. The van der Waals surface area contributed by atoms with Gasteiger partial charge in [0.05, 0.1) is 23.3 Å². The smallest absolute Gasteiger partial charge is 0.306 e. The van der Waals surface area contributed by atoms with Gasteiger partial charge in [-0.15, -0.1) is 0 Å². The van der Waals surface area contributed by atoms with Gasteiger partial charge in [0.15, 0.2) is 0 Å². The minimum Gasteiger partial charge on any atom is -0.461 e. The lowest BCUT2D eigenvalue weighted by Gasteiger charge is -2.44. The molecule has 6 nitrogen and oxygen atoms in total. The number of rotatable bonds is 13. The lowest BCUT2D eigenvalue weighted by molar-refractivity contribution is -0.152. The number of fused-ring (bicyclic) bond motifs is 1. The minimum atomic E-state index is -0.646. The summed E-state index contributed by atoms with van der Waals surface area (Å²) in [6, 6.07) is 0. The predicted molar refractivity (Wildman–Crippen MR) is 176 cm³/mol. The highest BCUT2D eigenvalue weighted by Crippen LogP contribution is 2.60. The van der Waals surface area contributed by atoms with Gasteiger partial charge in [-0.1, -0.05) is 64.8 Å². The number of unbranched alkanes of at least 4 members (excludes halogenated alkanes) is 1. The maximum atomic E-state index is 12.9. The van der Waals surface area contributed by atoms with E-state index in [4.69, 9.17) is 9.72 Å². The van der Waals surface area contributed by atoms with Crippen molar-refractivity contribution in [2.75, 3.05) is 0 Å². The number of nitrogens with zero attached hydrogens (tertiary/aromatic N) is 1. The number of aromatic nitrogens is 2. The Morgan fingerprint density at radius 1 is 1.18 bits per heavy atom. The second-order valence-electron chi connectivity index (χ2n) is 14.9. The molecule has 0 amide bonds. The van der Waals surface area contributed by atoms with Crippen molar-refractivity contribution >= 4 is 5.97 Å². The first kappa shape index (κ1) is 33.2. The standard InChI is InChI=1S/C38H58N2O4/c1-6-8-12-35(43)44-34(38(20-21-38)36-39-24-29(40-36)10-7-2)18-13-25(3)31-16-17-32-27(11-9-19-37(31,32)5)14-15-28-22-30(41)23-33(42)26(28)4/h14-15,24-25,30-34,41-42H,4,6-13,16-23H2,1-3,5H3,(H,39,40)/b27-14+,28-15-/t25-,30-,31-,32+,33+,34+,37-/m1/s1. The molecule has 5 rings (SSSR count). The van der Waals surface area contributed by atoms with Crippen LogP contribution >= 0.6 is 0 Å². The van der Waals surface area contributed by atoms with Crippen molar-refractivity contribution in [1.29, 1.82) is 0 Å². The average Bonchev–Trinajstić information content (AvgIpc) is 3.52. The van der Waals surface area contributed by atoms with E-state index >= 15 is 0 Å². The molecule has 0 aromatic carbocycles. The van der Waals surface area contributed by atoms with Crippen LogP contribution in [0.2, 0.25) is 0 Å². The van der Waals surface area contributed by atoms with Crippen LogP contribution in [0.1, 0.15) is 136 Å². The summed E-state index contributed by atoms with van der Waals surface area (Å²) in [5.41, 5.74) is 4.51. The van der Waals surface area contributed by atoms with E-state index in [1.165, 1.54) is 31.3 Å². The molecule has 4 aliphatic carbocycles. The average molecular weight is 607 g/mol. The third kappa shape index (κ3) is 6.97. The number of hydrogen-bond acceptors (Lipinski definition) is 5. The minimum absolute atomic E-state index is 0.0547. The van der Waals surface area contributed by atoms with E-state index in [2.05, 4.69) is 57.6 Å². The van der Waals surface area contributed by atoms with Gasteiger partial charge in [0.2, 0.25) is 0 Å². The molecule has 44 heavy (non-hydrogen) atoms. The molecule has 0 saturated heterocycles. The van der Waals surface area contributed by atoms with Gasteiger partial charge >= 0.3 is 5.97 Å². The number of nitrogens with one attached hydrogen (secondary N) is 1. The molecule has 1 heterocycles. The molecule has 0 aliphatic heterocycles. The molecule has 4 saturated carbocycles. The van der Waals surface area contributed by atoms with E-state index in [-0.39, 0.29) is 22.9 Å². The van der Waals surface area contributed by atoms with Crippen LogP contribution in [0.3, 0.4) is 0 Å². The number of esters is 1. The topological polar surface area (TPSA) is 95.4 Å². The molecule has 0 radical (unpaired) electrons. The number of aliphatic hydroxyl groups is 2. The van der Waals surface area contributed by atoms with Crippen LogP contribution < -0.4 is 0 Å². The molecule has 0 spiro atoms. The second-order valence-corrected chi connectivity index (χ2v) is 14.9. The Bertz CT molecular complexity index is 1230. The van der Waals surface area contributed by atoms with Crippen LogP contribution in [-0.4, -0.2) is 44.5 Å². The fraction of sp³-hybridized carbons (Fsp3) is 0.737. The Balaban J connectivity index is 1.28. The number of aromatic amines is 1. The van der Waals surface area contributed by atoms with Gasteiger partial charge < -0.3 is 19.9 Å². The van der Waals surface area contributed by atoms with Gasteiger partial charge in [0.1, 0.15) is 11.9 Å². The van der Waals surface area contributed by atoms with Crippen molar-refractivity contribution in [2.24, 2.45) is 23.2 Å². The number of imidazole rings is 1. The van der Waals surface area contributed by atoms with E-state index in [0.717, 1.165) is 80.5 Å². The number of aliphatic hydroxyl groups excluding tert-OH is 2. The number of hydrogen-bond donors (Lipinski definition) is 3. The zero-order valence-electron chi connectivity index (χ0n) is 27.9. The normalized spacial score (nSPS) is 32.9. The van der Waals surface area contributed by atoms with Crippen LogP contribution in [0.5, 0.6) is 0 Å². The van der Waals surface area contributed by atoms with E-state index in [0.29, 0.717) is 37.0 Å². The Morgan fingerprint density at radius 2 is 1.98 bits per heavy atom. The molecule has 0 unspecified atom stereocenters. The first-order valence-electron chi connectivity index (χ1n) is 17.8. The summed E-state index contributed by atoms with van der Waals surface area (Å²) in [7, 11) is 0. The Hall–Kier alpha value is -2.18. The summed E-state index contributed by atoms with van der Waals surface area (Å²) in [6.45, 7) is 13.4. The first-order chi connectivity index (χ1) is 21.1. The molecular formula is C38H58N2O4. The summed E-state index contributed by atoms with van der Waals surface area (Å²) in [5, 5.41) is 20.5. The first-order valence-corrected chi connectivity index (χ1v) is 17.8. The lowest BCUT2D eigenvalue weighted by Crippen LogP contribution is -2.37. The van der Waals surface area contributed by atoms with Gasteiger partial charge in [0, 0.05) is 19.0 Å². The van der Waals surface area contributed by atoms with Gasteiger partial charge in [-0.05, 0) is 111 Å². The van der Waals surface area contributed by atoms with Crippen molar-refractivity contribution < 1.29 is 19.7 Å². The van der Waals surface area contributed by atoms with Crippen molar-refractivity contribution in [2.45, 2.75) is 154 Å². The molecule has 3 N–H and O–H groups in total. The molecule has 7 atom stereocenters. The largest absolute Gasteiger partial charge is 0.461 e. The molecule has 4 fully saturated rings. The highest BCUT2D eigenvalue weighted by Gasteiger charge is 2.56. The molecule has 4 aliphatic rings. The zero-order chi connectivity index (χ0) is 31.5. The fourth-order valence-corrected chi connectivity index (χ4v) is 9.13. The fourth-order valence-electron chi connectivity index (χ4n) is 9.13. The van der Waals surface area contributed by atoms with Gasteiger partial charge in [-0.25, -0.2) is 4.98 Å². The SMILES string of the molecule is C=C1/C(=C\C=C2/CCC[C@]3(C)[C@@H]([C@H](C)CC[C@H](OC(=O)CCCC)C4(c5nc(CCC)c[nH]5)CC4)CC[C@@H]23)C[C@@H](O)C[C@@H]1O. The molecule has 0 bridgehead atoms. The van der Waals surface area contributed by atoms with E-state index in [1.54, 1.807) is 0 Å². The number of ether oxygens (including phenoxy) is 1. The quantitative estimate of drug-likeness (QED) is 0.198. The summed E-state index contributed by atoms with van der Waals surface area (Å²) >= 11 is 0. The van der Waals surface area contributed by atoms with Gasteiger partial charge in [-0.3, -0.25) is 4.79 Å². The van der Waals surface area contributed by atoms with Crippen LogP contribution in [0.4, 0.5) is 0 Å².